The lowest BCUT2D eigenvalue weighted by molar-refractivity contribution is -0.119. The van der Waals surface area contributed by atoms with E-state index in [4.69, 9.17) is 23.2 Å². The summed E-state index contributed by atoms with van der Waals surface area (Å²) in [6, 6.07) is 12.8. The number of sulfonamides is 1. The van der Waals surface area contributed by atoms with Gasteiger partial charge < -0.3 is 10.2 Å². The number of carbonyl (C=O) groups excluding carboxylic acids is 1. The Balaban J connectivity index is 1.53. The number of halogens is 2. The van der Waals surface area contributed by atoms with Gasteiger partial charge in [0.05, 0.1) is 11.9 Å². The first-order valence-electron chi connectivity index (χ1n) is 9.27. The Kier molecular flexibility index (Phi) is 6.93. The van der Waals surface area contributed by atoms with Crippen LogP contribution >= 0.6 is 23.2 Å². The average Bonchev–Trinajstić information content (AvgIpc) is 3.05. The van der Waals surface area contributed by atoms with Crippen LogP contribution in [-0.4, -0.2) is 46.8 Å². The normalized spacial score (nSPS) is 13.3. The Hall–Kier alpha value is -1.96. The van der Waals surface area contributed by atoms with Crippen molar-refractivity contribution in [1.82, 2.24) is 5.32 Å². The molecule has 6 nitrogen and oxygen atoms in total. The van der Waals surface area contributed by atoms with E-state index in [1.165, 1.54) is 29.4 Å². The van der Waals surface area contributed by atoms with Crippen LogP contribution in [0.2, 0.25) is 10.0 Å². The zero-order valence-electron chi connectivity index (χ0n) is 16.1. The van der Waals surface area contributed by atoms with Crippen LogP contribution < -0.4 is 14.5 Å². The fourth-order valence-electron chi connectivity index (χ4n) is 3.41. The number of anilines is 2. The molecule has 2 aromatic carbocycles. The van der Waals surface area contributed by atoms with Crippen LogP contribution in [0.3, 0.4) is 0 Å². The molecule has 0 fully saturated rings. The van der Waals surface area contributed by atoms with Gasteiger partial charge in [-0.15, -0.1) is 0 Å². The van der Waals surface area contributed by atoms with Crippen LogP contribution in [-0.2, 0) is 21.2 Å². The van der Waals surface area contributed by atoms with Crippen molar-refractivity contribution in [3.05, 3.63) is 58.1 Å². The summed E-state index contributed by atoms with van der Waals surface area (Å²) in [5, 5.41) is 3.39. The molecule has 1 aliphatic rings. The van der Waals surface area contributed by atoms with Gasteiger partial charge in [-0.2, -0.15) is 0 Å². The van der Waals surface area contributed by atoms with E-state index in [2.05, 4.69) is 22.3 Å². The lowest BCUT2D eigenvalue weighted by Gasteiger charge is -2.23. The summed E-state index contributed by atoms with van der Waals surface area (Å²) in [4.78, 5) is 14.6. The fraction of sp³-hybridized carbons (Fsp3) is 0.350. The summed E-state index contributed by atoms with van der Waals surface area (Å²) in [5.74, 6) is -0.381. The molecule has 156 valence electrons. The molecule has 0 radical (unpaired) electrons. The number of benzene rings is 2. The second kappa shape index (κ2) is 9.24. The molecule has 0 spiro atoms. The zero-order valence-corrected chi connectivity index (χ0v) is 18.4. The molecule has 1 aliphatic heterocycles. The minimum Gasteiger partial charge on any atom is -0.371 e. The van der Waals surface area contributed by atoms with E-state index < -0.39 is 10.0 Å². The summed E-state index contributed by atoms with van der Waals surface area (Å²) in [6.07, 6.45) is 2.84. The first-order valence-corrected chi connectivity index (χ1v) is 11.9. The SMILES string of the molecule is CS(=O)(=O)N(CC(=O)NCCCN1CCc2ccccc21)c1cc(Cl)cc(Cl)c1. The van der Waals surface area contributed by atoms with E-state index in [1.807, 2.05) is 12.1 Å². The molecule has 29 heavy (non-hydrogen) atoms. The molecule has 0 unspecified atom stereocenters. The molecule has 2 aromatic rings. The lowest BCUT2D eigenvalue weighted by Crippen LogP contribution is -2.41. The van der Waals surface area contributed by atoms with Crippen molar-refractivity contribution in [2.45, 2.75) is 12.8 Å². The molecule has 0 saturated carbocycles. The number of rotatable bonds is 8. The van der Waals surface area contributed by atoms with Crippen molar-refractivity contribution in [2.75, 3.05) is 41.6 Å². The maximum Gasteiger partial charge on any atom is 0.240 e. The van der Waals surface area contributed by atoms with Gasteiger partial charge in [-0.1, -0.05) is 41.4 Å². The van der Waals surface area contributed by atoms with E-state index in [0.717, 1.165) is 36.5 Å². The van der Waals surface area contributed by atoms with Crippen molar-refractivity contribution in [3.63, 3.8) is 0 Å². The van der Waals surface area contributed by atoms with Gasteiger partial charge >= 0.3 is 0 Å². The highest BCUT2D eigenvalue weighted by molar-refractivity contribution is 7.92. The van der Waals surface area contributed by atoms with Gasteiger partial charge in [-0.05, 0) is 42.7 Å². The van der Waals surface area contributed by atoms with Crippen LogP contribution in [0.15, 0.2) is 42.5 Å². The third-order valence-electron chi connectivity index (χ3n) is 4.73. The van der Waals surface area contributed by atoms with Gasteiger partial charge in [0.2, 0.25) is 15.9 Å². The molecule has 0 atom stereocenters. The van der Waals surface area contributed by atoms with E-state index in [9.17, 15) is 13.2 Å². The minimum absolute atomic E-state index is 0.258. The quantitative estimate of drug-likeness (QED) is 0.619. The molecule has 1 amide bonds. The average molecular weight is 456 g/mol. The molecular weight excluding hydrogens is 433 g/mol. The van der Waals surface area contributed by atoms with Crippen LogP contribution in [0, 0.1) is 0 Å². The van der Waals surface area contributed by atoms with Gasteiger partial charge in [-0.3, -0.25) is 9.10 Å². The number of amides is 1. The molecule has 0 aromatic heterocycles. The Morgan fingerprint density at radius 1 is 1.17 bits per heavy atom. The standard InChI is InChI=1S/C20H23Cl2N3O3S/c1-29(27,28)25(18-12-16(21)11-17(22)13-18)14-20(26)23-8-4-9-24-10-7-15-5-2-3-6-19(15)24/h2-3,5-6,11-13H,4,7-10,14H2,1H3,(H,23,26). The maximum absolute atomic E-state index is 12.3. The Labute approximate surface area is 181 Å². The molecule has 1 heterocycles. The van der Waals surface area contributed by atoms with E-state index in [-0.39, 0.29) is 18.1 Å². The van der Waals surface area contributed by atoms with Gasteiger partial charge in [0.15, 0.2) is 0 Å². The molecule has 1 N–H and O–H groups in total. The highest BCUT2D eigenvalue weighted by Crippen LogP contribution is 2.28. The first kappa shape index (κ1) is 21.7. The third-order valence-corrected chi connectivity index (χ3v) is 6.31. The second-order valence-electron chi connectivity index (χ2n) is 6.97. The fourth-order valence-corrected chi connectivity index (χ4v) is 4.76. The van der Waals surface area contributed by atoms with Crippen LogP contribution in [0.5, 0.6) is 0 Å². The van der Waals surface area contributed by atoms with E-state index in [1.54, 1.807) is 0 Å². The van der Waals surface area contributed by atoms with Gasteiger partial charge in [-0.25, -0.2) is 8.42 Å². The molecule has 9 heteroatoms. The maximum atomic E-state index is 12.3. The zero-order chi connectivity index (χ0) is 21.0. The summed E-state index contributed by atoms with van der Waals surface area (Å²) in [6.45, 7) is 1.94. The van der Waals surface area contributed by atoms with Gasteiger partial charge in [0.1, 0.15) is 6.54 Å². The Bertz CT molecular complexity index is 978. The minimum atomic E-state index is -3.68. The number of hydrogen-bond donors (Lipinski definition) is 1. The van der Waals surface area contributed by atoms with Crippen molar-refractivity contribution in [1.29, 1.82) is 0 Å². The van der Waals surface area contributed by atoms with E-state index in [0.29, 0.717) is 16.6 Å². The molecule has 0 bridgehead atoms. The monoisotopic (exact) mass is 455 g/mol. The number of hydrogen-bond acceptors (Lipinski definition) is 4. The summed E-state index contributed by atoms with van der Waals surface area (Å²) in [5.41, 5.74) is 2.86. The van der Waals surface area contributed by atoms with Crippen LogP contribution in [0.25, 0.3) is 0 Å². The summed E-state index contributed by atoms with van der Waals surface area (Å²) in [7, 11) is -3.68. The molecule has 0 aliphatic carbocycles. The predicted molar refractivity (Wildman–Crippen MR) is 119 cm³/mol. The smallest absolute Gasteiger partial charge is 0.240 e. The lowest BCUT2D eigenvalue weighted by atomic mass is 10.2. The van der Waals surface area contributed by atoms with Gasteiger partial charge in [0.25, 0.3) is 0 Å². The Morgan fingerprint density at radius 2 is 1.86 bits per heavy atom. The predicted octanol–water partition coefficient (Wildman–Crippen LogP) is 3.33. The van der Waals surface area contributed by atoms with Crippen molar-refractivity contribution < 1.29 is 13.2 Å². The highest BCUT2D eigenvalue weighted by Gasteiger charge is 2.22. The van der Waals surface area contributed by atoms with E-state index >= 15 is 0 Å². The first-order chi connectivity index (χ1) is 13.7. The summed E-state index contributed by atoms with van der Waals surface area (Å²) < 4.78 is 25.3. The van der Waals surface area contributed by atoms with Gasteiger partial charge in [0, 0.05) is 35.4 Å². The second-order valence-corrected chi connectivity index (χ2v) is 9.75. The van der Waals surface area contributed by atoms with Crippen LogP contribution in [0.4, 0.5) is 11.4 Å². The number of nitrogens with zero attached hydrogens (tertiary/aromatic N) is 2. The number of nitrogens with one attached hydrogen (secondary N) is 1. The number of fused-ring (bicyclic) bond motifs is 1. The topological polar surface area (TPSA) is 69.7 Å². The molecular formula is C20H23Cl2N3O3S. The van der Waals surface area contributed by atoms with Crippen molar-refractivity contribution in [2.24, 2.45) is 0 Å². The third kappa shape index (κ3) is 5.78. The highest BCUT2D eigenvalue weighted by atomic mass is 35.5. The largest absolute Gasteiger partial charge is 0.371 e. The molecule has 0 saturated heterocycles. The van der Waals surface area contributed by atoms with Crippen molar-refractivity contribution in [3.8, 4) is 0 Å². The number of carbonyl (C=O) groups is 1. The number of para-hydroxylation sites is 1. The molecule has 3 rings (SSSR count). The van der Waals surface area contributed by atoms with Crippen LogP contribution in [0.1, 0.15) is 12.0 Å². The van der Waals surface area contributed by atoms with Crippen molar-refractivity contribution >= 4 is 50.5 Å². The Morgan fingerprint density at radius 3 is 2.55 bits per heavy atom. The summed E-state index contributed by atoms with van der Waals surface area (Å²) >= 11 is 11.9.